The van der Waals surface area contributed by atoms with Gasteiger partial charge in [0.15, 0.2) is 0 Å². The largest absolute Gasteiger partial charge is 0.355 e. The van der Waals surface area contributed by atoms with Crippen LogP contribution in [0, 0.1) is 0 Å². The van der Waals surface area contributed by atoms with Crippen LogP contribution in [-0.4, -0.2) is 34.3 Å². The highest BCUT2D eigenvalue weighted by molar-refractivity contribution is 6.00. The van der Waals surface area contributed by atoms with Gasteiger partial charge in [-0.3, -0.25) is 9.59 Å². The van der Waals surface area contributed by atoms with Crippen molar-refractivity contribution in [2.45, 2.75) is 57.9 Å². The van der Waals surface area contributed by atoms with E-state index in [-0.39, 0.29) is 17.7 Å². The predicted molar refractivity (Wildman–Crippen MR) is 142 cm³/mol. The number of likely N-dealkylation sites (tertiary alicyclic amines) is 1. The fraction of sp³-hybridized carbons (Fsp3) is 0.333. The third-order valence-electron chi connectivity index (χ3n) is 7.34. The van der Waals surface area contributed by atoms with Crippen molar-refractivity contribution in [2.24, 2.45) is 0 Å². The number of carbonyl (C=O) groups is 2. The molecule has 5 heteroatoms. The number of carbonyl (C=O) groups excluding carboxylic acids is 2. The molecule has 0 spiro atoms. The predicted octanol–water partition coefficient (Wildman–Crippen LogP) is 6.41. The van der Waals surface area contributed by atoms with Gasteiger partial charge in [0.05, 0.1) is 5.92 Å². The molecule has 2 N–H and O–H groups in total. The average Bonchev–Trinajstić information content (AvgIpc) is 3.53. The number of allylic oxidation sites excluding steroid dienone is 4. The highest BCUT2D eigenvalue weighted by atomic mass is 16.2. The van der Waals surface area contributed by atoms with Crippen LogP contribution < -0.4 is 5.32 Å². The zero-order chi connectivity index (χ0) is 24.4. The van der Waals surface area contributed by atoms with Gasteiger partial charge >= 0.3 is 0 Å². The number of hydrogen-bond acceptors (Lipinski definition) is 2. The Morgan fingerprint density at radius 3 is 2.66 bits per heavy atom. The Labute approximate surface area is 206 Å². The Balaban J connectivity index is 1.31. The first-order chi connectivity index (χ1) is 17.0. The van der Waals surface area contributed by atoms with Crippen LogP contribution in [0.25, 0.3) is 16.5 Å². The normalized spacial score (nSPS) is 18.8. The van der Waals surface area contributed by atoms with E-state index in [0.29, 0.717) is 19.4 Å². The first kappa shape index (κ1) is 23.2. The molecule has 0 saturated carbocycles. The number of anilines is 1. The van der Waals surface area contributed by atoms with Crippen molar-refractivity contribution in [3.8, 4) is 0 Å². The zero-order valence-electron chi connectivity index (χ0n) is 20.5. The van der Waals surface area contributed by atoms with Gasteiger partial charge in [-0.1, -0.05) is 55.0 Å². The van der Waals surface area contributed by atoms with Gasteiger partial charge in [-0.2, -0.15) is 0 Å². The molecular weight excluding hydrogens is 434 g/mol. The van der Waals surface area contributed by atoms with Crippen molar-refractivity contribution >= 4 is 34.0 Å². The average molecular weight is 468 g/mol. The SMILES string of the molecule is CCC(C(=O)N1CCCC1C(=O)Nc1ccc2[nH]c(C3=CC=C(C)CC3)cc2c1)c1ccccc1. The quantitative estimate of drug-likeness (QED) is 0.440. The van der Waals surface area contributed by atoms with E-state index < -0.39 is 6.04 Å². The van der Waals surface area contributed by atoms with Crippen LogP contribution in [0.4, 0.5) is 5.69 Å². The van der Waals surface area contributed by atoms with E-state index in [0.717, 1.165) is 47.1 Å². The summed E-state index contributed by atoms with van der Waals surface area (Å²) in [5.41, 5.74) is 6.67. The van der Waals surface area contributed by atoms with E-state index in [4.69, 9.17) is 0 Å². The molecule has 1 aliphatic heterocycles. The summed E-state index contributed by atoms with van der Waals surface area (Å²) in [5, 5.41) is 4.15. The maximum atomic E-state index is 13.4. The second kappa shape index (κ2) is 9.95. The van der Waals surface area contributed by atoms with E-state index >= 15 is 0 Å². The van der Waals surface area contributed by atoms with Gasteiger partial charge in [0.1, 0.15) is 6.04 Å². The first-order valence-corrected chi connectivity index (χ1v) is 12.7. The Morgan fingerprint density at radius 2 is 1.91 bits per heavy atom. The van der Waals surface area contributed by atoms with Gasteiger partial charge in [-0.25, -0.2) is 0 Å². The van der Waals surface area contributed by atoms with Crippen LogP contribution in [0.15, 0.2) is 72.3 Å². The van der Waals surface area contributed by atoms with Gasteiger partial charge in [0.2, 0.25) is 11.8 Å². The lowest BCUT2D eigenvalue weighted by Crippen LogP contribution is -2.45. The summed E-state index contributed by atoms with van der Waals surface area (Å²) < 4.78 is 0. The topological polar surface area (TPSA) is 65.2 Å². The minimum Gasteiger partial charge on any atom is -0.355 e. The molecule has 5 nitrogen and oxygen atoms in total. The molecule has 2 aromatic carbocycles. The fourth-order valence-electron chi connectivity index (χ4n) is 5.32. The third-order valence-corrected chi connectivity index (χ3v) is 7.34. The maximum absolute atomic E-state index is 13.4. The fourth-order valence-corrected chi connectivity index (χ4v) is 5.32. The van der Waals surface area contributed by atoms with Gasteiger partial charge < -0.3 is 15.2 Å². The minimum absolute atomic E-state index is 0.0483. The molecule has 2 atom stereocenters. The molecule has 2 aliphatic rings. The van der Waals surface area contributed by atoms with Gasteiger partial charge in [0.25, 0.3) is 0 Å². The molecule has 2 unspecified atom stereocenters. The molecule has 2 heterocycles. The Kier molecular flexibility index (Phi) is 6.58. The van der Waals surface area contributed by atoms with Crippen molar-refractivity contribution < 1.29 is 9.59 Å². The highest BCUT2D eigenvalue weighted by Crippen LogP contribution is 2.31. The Bertz CT molecular complexity index is 1300. The number of amides is 2. The van der Waals surface area contributed by atoms with E-state index in [1.807, 2.05) is 55.5 Å². The Hall–Kier alpha value is -3.60. The number of nitrogens with zero attached hydrogens (tertiary/aromatic N) is 1. The molecule has 1 saturated heterocycles. The molecule has 1 aliphatic carbocycles. The van der Waals surface area contributed by atoms with Crippen LogP contribution >= 0.6 is 0 Å². The van der Waals surface area contributed by atoms with Crippen molar-refractivity contribution in [3.63, 3.8) is 0 Å². The van der Waals surface area contributed by atoms with E-state index in [9.17, 15) is 9.59 Å². The highest BCUT2D eigenvalue weighted by Gasteiger charge is 2.37. The second-order valence-corrected chi connectivity index (χ2v) is 9.74. The standard InChI is InChI=1S/C30H33N3O2/c1-3-25(21-8-5-4-6-9-21)30(35)33-17-7-10-28(33)29(34)31-24-15-16-26-23(18-24)19-27(32-26)22-13-11-20(2)12-14-22/h4-6,8-9,11,13,15-16,18-19,25,28,32H,3,7,10,12,14,17H2,1-2H3,(H,31,34). The second-order valence-electron chi connectivity index (χ2n) is 9.74. The number of nitrogens with one attached hydrogen (secondary N) is 2. The van der Waals surface area contributed by atoms with Gasteiger partial charge in [-0.05, 0) is 74.4 Å². The number of hydrogen-bond donors (Lipinski definition) is 2. The number of benzene rings is 2. The number of H-pyrrole nitrogens is 1. The van der Waals surface area contributed by atoms with Crippen LogP contribution in [0.1, 0.15) is 63.1 Å². The summed E-state index contributed by atoms with van der Waals surface area (Å²) in [6, 6.07) is 17.6. The third kappa shape index (κ3) is 4.81. The minimum atomic E-state index is -0.430. The number of rotatable bonds is 6. The molecule has 3 aromatic rings. The smallest absolute Gasteiger partial charge is 0.247 e. The molecule has 5 rings (SSSR count). The molecule has 2 amide bonds. The summed E-state index contributed by atoms with van der Waals surface area (Å²) in [7, 11) is 0. The number of fused-ring (bicyclic) bond motifs is 1. The summed E-state index contributed by atoms with van der Waals surface area (Å²) >= 11 is 0. The molecule has 0 radical (unpaired) electrons. The van der Waals surface area contributed by atoms with E-state index in [2.05, 4.69) is 35.4 Å². The van der Waals surface area contributed by atoms with Crippen LogP contribution in [0.3, 0.4) is 0 Å². The molecule has 1 fully saturated rings. The monoisotopic (exact) mass is 467 g/mol. The van der Waals surface area contributed by atoms with Crippen molar-refractivity contribution in [3.05, 3.63) is 83.6 Å². The Morgan fingerprint density at radius 1 is 1.09 bits per heavy atom. The molecule has 1 aromatic heterocycles. The molecule has 35 heavy (non-hydrogen) atoms. The van der Waals surface area contributed by atoms with Gasteiger partial charge in [-0.15, -0.1) is 0 Å². The van der Waals surface area contributed by atoms with E-state index in [1.54, 1.807) is 4.90 Å². The summed E-state index contributed by atoms with van der Waals surface area (Å²) in [4.78, 5) is 32.0. The maximum Gasteiger partial charge on any atom is 0.247 e. The number of aromatic nitrogens is 1. The lowest BCUT2D eigenvalue weighted by molar-refractivity contribution is -0.138. The molecular formula is C30H33N3O2. The molecule has 0 bridgehead atoms. The molecule has 180 valence electrons. The van der Waals surface area contributed by atoms with E-state index in [1.165, 1.54) is 11.1 Å². The lowest BCUT2D eigenvalue weighted by Gasteiger charge is -2.28. The number of aromatic amines is 1. The van der Waals surface area contributed by atoms with Gasteiger partial charge in [0, 0.05) is 28.8 Å². The lowest BCUT2D eigenvalue weighted by atomic mass is 9.94. The summed E-state index contributed by atoms with van der Waals surface area (Å²) in [5.74, 6) is -0.274. The van der Waals surface area contributed by atoms with Crippen molar-refractivity contribution in [2.75, 3.05) is 11.9 Å². The summed E-state index contributed by atoms with van der Waals surface area (Å²) in [6.07, 6.45) is 8.75. The van der Waals surface area contributed by atoms with Crippen LogP contribution in [0.2, 0.25) is 0 Å². The zero-order valence-corrected chi connectivity index (χ0v) is 20.5. The summed E-state index contributed by atoms with van der Waals surface area (Å²) in [6.45, 7) is 4.82. The first-order valence-electron chi connectivity index (χ1n) is 12.7. The van der Waals surface area contributed by atoms with Crippen LogP contribution in [0.5, 0.6) is 0 Å². The van der Waals surface area contributed by atoms with Crippen molar-refractivity contribution in [1.82, 2.24) is 9.88 Å². The van der Waals surface area contributed by atoms with Crippen LogP contribution in [-0.2, 0) is 9.59 Å². The van der Waals surface area contributed by atoms with Crippen molar-refractivity contribution in [1.29, 1.82) is 0 Å².